The number of fused-ring (bicyclic) bond motifs is 2. The maximum atomic E-state index is 14.1. The van der Waals surface area contributed by atoms with Crippen molar-refractivity contribution in [3.63, 3.8) is 0 Å². The predicted octanol–water partition coefficient (Wildman–Crippen LogP) is 5.14. The fourth-order valence-corrected chi connectivity index (χ4v) is 8.98. The largest absolute Gasteiger partial charge is 0.453 e. The summed E-state index contributed by atoms with van der Waals surface area (Å²) >= 11 is 0. The van der Waals surface area contributed by atoms with Crippen LogP contribution in [0.25, 0.3) is 22.5 Å². The van der Waals surface area contributed by atoms with Gasteiger partial charge in [0.2, 0.25) is 11.8 Å². The summed E-state index contributed by atoms with van der Waals surface area (Å²) in [6, 6.07) is 16.3. The first-order valence-electron chi connectivity index (χ1n) is 22.6. The normalized spacial score (nSPS) is 18.3. The average molecular weight is 929 g/mol. The lowest BCUT2D eigenvalue weighted by Crippen LogP contribution is -2.49. The first kappa shape index (κ1) is 46.7. The molecule has 0 radical (unpaired) electrons. The van der Waals surface area contributed by atoms with Crippen LogP contribution in [0, 0.1) is 34.0 Å². The number of carbonyl (C=O) groups excluding carboxylic acids is 6. The van der Waals surface area contributed by atoms with E-state index in [9.17, 15) is 39.3 Å². The molecule has 21 nitrogen and oxygen atoms in total. The van der Waals surface area contributed by atoms with Crippen LogP contribution in [0.5, 0.6) is 0 Å². The highest BCUT2D eigenvalue weighted by molar-refractivity contribution is 6.01. The number of ether oxygens (including phenoxy) is 3. The Morgan fingerprint density at radius 1 is 0.750 bits per heavy atom. The van der Waals surface area contributed by atoms with Crippen LogP contribution in [0.15, 0.2) is 48.5 Å². The number of rotatable bonds is 15. The number of amides is 6. The van der Waals surface area contributed by atoms with Gasteiger partial charge in [0.25, 0.3) is 11.8 Å². The molecule has 68 heavy (non-hydrogen) atoms. The molecule has 2 fully saturated rings. The van der Waals surface area contributed by atoms with E-state index in [1.165, 1.54) is 25.2 Å². The van der Waals surface area contributed by atoms with Crippen molar-refractivity contribution in [2.45, 2.75) is 70.4 Å². The number of carbonyl (C=O) groups is 6. The third kappa shape index (κ3) is 9.83. The van der Waals surface area contributed by atoms with Crippen LogP contribution in [0.1, 0.15) is 102 Å². The molecule has 4 aromatic rings. The number of alkyl carbamates (subject to hydrolysis) is 1. The van der Waals surface area contributed by atoms with E-state index < -0.39 is 23.6 Å². The number of benzene rings is 2. The first-order valence-corrected chi connectivity index (χ1v) is 22.6. The van der Waals surface area contributed by atoms with E-state index in [2.05, 4.69) is 38.1 Å². The smallest absolute Gasteiger partial charge is 0.411 e. The van der Waals surface area contributed by atoms with Crippen LogP contribution < -0.4 is 21.3 Å². The Kier molecular flexibility index (Phi) is 13.7. The van der Waals surface area contributed by atoms with E-state index in [4.69, 9.17) is 19.7 Å². The Labute approximate surface area is 391 Å². The lowest BCUT2D eigenvalue weighted by atomic mass is 9.89. The summed E-state index contributed by atoms with van der Waals surface area (Å²) in [5.41, 5.74) is 2.64. The molecule has 2 saturated carbocycles. The number of nitrogens with zero attached hydrogens (tertiary/aromatic N) is 8. The Morgan fingerprint density at radius 3 is 1.93 bits per heavy atom. The van der Waals surface area contributed by atoms with Crippen molar-refractivity contribution in [3.8, 4) is 34.7 Å². The standard InChI is InChI=1S/C47H52N12O9/c1-28-23-56(27-51-45(64)66-2)42(61)39-19-37(54-58(28)39)33-11-9-29(21-48)17-35(33)52-44(63)47(14-15-47)25-68-16-13-32-24-57(26-50-41(60)31-7-5-4-6-8-31)43(62)40-20-38(55-59(32)40)34-12-10-30(22-49)18-36(34)53-46(65)67-3/h9-12,17-20,28,31-32H,4-8,13-16,23-27H2,1-3H3,(H,50,60)(H,51,64)(H,52,63)(H,53,65)/t28-,32-/m0/s1. The van der Waals surface area contributed by atoms with Crippen LogP contribution >= 0.6 is 0 Å². The fraction of sp³-hybridized carbons (Fsp3) is 0.447. The summed E-state index contributed by atoms with van der Waals surface area (Å²) in [6.45, 7) is 2.60. The molecule has 0 saturated heterocycles. The highest BCUT2D eigenvalue weighted by Crippen LogP contribution is 2.47. The zero-order valence-corrected chi connectivity index (χ0v) is 38.0. The lowest BCUT2D eigenvalue weighted by molar-refractivity contribution is -0.126. The van der Waals surface area contributed by atoms with E-state index >= 15 is 0 Å². The van der Waals surface area contributed by atoms with Gasteiger partial charge >= 0.3 is 12.2 Å². The Bertz CT molecular complexity index is 2720. The molecule has 2 aromatic heterocycles. The number of anilines is 2. The molecular weight excluding hydrogens is 877 g/mol. The molecule has 2 aromatic carbocycles. The van der Waals surface area contributed by atoms with Gasteiger partial charge in [-0.1, -0.05) is 19.3 Å². The van der Waals surface area contributed by atoms with Gasteiger partial charge < -0.3 is 40.0 Å². The highest BCUT2D eigenvalue weighted by atomic mass is 16.5. The van der Waals surface area contributed by atoms with Crippen molar-refractivity contribution >= 4 is 47.2 Å². The number of aromatic nitrogens is 4. The molecule has 0 unspecified atom stereocenters. The second-order valence-electron chi connectivity index (χ2n) is 17.6. The van der Waals surface area contributed by atoms with Crippen LogP contribution in [0.4, 0.5) is 21.0 Å². The maximum Gasteiger partial charge on any atom is 0.411 e. The van der Waals surface area contributed by atoms with E-state index in [1.54, 1.807) is 56.7 Å². The molecule has 2 aliphatic carbocycles. The monoisotopic (exact) mass is 928 g/mol. The number of nitriles is 2. The average Bonchev–Trinajstić information content (AvgIpc) is 3.79. The first-order chi connectivity index (χ1) is 32.8. The summed E-state index contributed by atoms with van der Waals surface area (Å²) in [7, 11) is 2.46. The van der Waals surface area contributed by atoms with E-state index in [-0.39, 0.29) is 92.2 Å². The molecule has 8 rings (SSSR count). The van der Waals surface area contributed by atoms with Gasteiger partial charge in [0.05, 0.1) is 97.7 Å². The second kappa shape index (κ2) is 20.0. The van der Waals surface area contributed by atoms with Gasteiger partial charge in [-0.15, -0.1) is 0 Å². The van der Waals surface area contributed by atoms with Crippen molar-refractivity contribution < 1.29 is 43.0 Å². The quantitative estimate of drug-likeness (QED) is 0.113. The summed E-state index contributed by atoms with van der Waals surface area (Å²) in [5.74, 6) is -1.18. The molecule has 6 amide bonds. The molecule has 4 heterocycles. The number of hydrogen-bond acceptors (Lipinski definition) is 13. The number of methoxy groups -OCH3 is 2. The van der Waals surface area contributed by atoms with Gasteiger partial charge in [0.1, 0.15) is 11.4 Å². The molecule has 21 heteroatoms. The Hall–Kier alpha value is -7.78. The zero-order chi connectivity index (χ0) is 48.1. The van der Waals surface area contributed by atoms with E-state index in [0.29, 0.717) is 58.7 Å². The summed E-state index contributed by atoms with van der Waals surface area (Å²) < 4.78 is 18.9. The molecule has 0 spiro atoms. The van der Waals surface area contributed by atoms with Crippen molar-refractivity contribution in [2.75, 3.05) is 64.5 Å². The highest BCUT2D eigenvalue weighted by Gasteiger charge is 2.50. The third-order valence-corrected chi connectivity index (χ3v) is 13.0. The third-order valence-electron chi connectivity index (χ3n) is 13.0. The molecule has 4 aliphatic rings. The van der Waals surface area contributed by atoms with Gasteiger partial charge in [0, 0.05) is 36.7 Å². The minimum absolute atomic E-state index is 0.000182. The van der Waals surface area contributed by atoms with Crippen molar-refractivity contribution in [1.82, 2.24) is 40.0 Å². The van der Waals surface area contributed by atoms with Gasteiger partial charge in [0.15, 0.2) is 0 Å². The van der Waals surface area contributed by atoms with Gasteiger partial charge in [-0.2, -0.15) is 20.7 Å². The number of hydrogen-bond donors (Lipinski definition) is 4. The van der Waals surface area contributed by atoms with Gasteiger partial charge in [-0.25, -0.2) is 9.59 Å². The fourth-order valence-electron chi connectivity index (χ4n) is 8.98. The van der Waals surface area contributed by atoms with Crippen LogP contribution in [-0.2, 0) is 23.8 Å². The second-order valence-corrected chi connectivity index (χ2v) is 17.6. The molecule has 354 valence electrons. The lowest BCUT2D eigenvalue weighted by Gasteiger charge is -2.34. The predicted molar refractivity (Wildman–Crippen MR) is 242 cm³/mol. The SMILES string of the molecule is COC(=O)NCN1C[C@H](C)n2nc(-c3ccc(C#N)cc3NC(=O)C3(COCC[C@H]4CN(CNC(=O)C5CCCCC5)C(=O)c5cc(-c6ccc(C#N)cc6NC(=O)OC)nn54)CC3)cc2C1=O. The maximum absolute atomic E-state index is 14.1. The topological polar surface area (TPSA) is 268 Å². The molecular formula is C47H52N12O9. The zero-order valence-electron chi connectivity index (χ0n) is 38.0. The minimum atomic E-state index is -0.856. The van der Waals surface area contributed by atoms with Crippen LogP contribution in [-0.4, -0.2) is 119 Å². The Morgan fingerprint density at radius 2 is 1.32 bits per heavy atom. The van der Waals surface area contributed by atoms with Crippen molar-refractivity contribution in [3.05, 3.63) is 71.0 Å². The molecule has 2 aliphatic heterocycles. The summed E-state index contributed by atoms with van der Waals surface area (Å²) in [5, 5.41) is 40.1. The molecule has 4 N–H and O–H groups in total. The van der Waals surface area contributed by atoms with Crippen molar-refractivity contribution in [1.29, 1.82) is 10.5 Å². The number of nitrogens with one attached hydrogen (secondary N) is 4. The minimum Gasteiger partial charge on any atom is -0.453 e. The van der Waals surface area contributed by atoms with E-state index in [1.807, 2.05) is 6.92 Å². The van der Waals surface area contributed by atoms with Crippen molar-refractivity contribution in [2.24, 2.45) is 11.3 Å². The van der Waals surface area contributed by atoms with Crippen LogP contribution in [0.3, 0.4) is 0 Å². The summed E-state index contributed by atoms with van der Waals surface area (Å²) in [4.78, 5) is 81.8. The molecule has 0 bridgehead atoms. The van der Waals surface area contributed by atoms with E-state index in [0.717, 1.165) is 32.1 Å². The van der Waals surface area contributed by atoms with Gasteiger partial charge in [-0.05, 0) is 87.6 Å². The molecule has 2 atom stereocenters. The van der Waals surface area contributed by atoms with Gasteiger partial charge in [-0.3, -0.25) is 33.9 Å². The summed E-state index contributed by atoms with van der Waals surface area (Å²) in [6.07, 6.45) is 4.75. The van der Waals surface area contributed by atoms with Crippen LogP contribution in [0.2, 0.25) is 0 Å². The Balaban J connectivity index is 0.970.